The van der Waals surface area contributed by atoms with E-state index < -0.39 is 17.5 Å². The average Bonchev–Trinajstić information content (AvgIpc) is 3.32. The van der Waals surface area contributed by atoms with Crippen LogP contribution < -0.4 is 15.8 Å². The lowest BCUT2D eigenvalue weighted by molar-refractivity contribution is 0.0917. The van der Waals surface area contributed by atoms with E-state index in [0.717, 1.165) is 31.7 Å². The van der Waals surface area contributed by atoms with Gasteiger partial charge in [-0.1, -0.05) is 12.1 Å². The molecule has 0 aliphatic heterocycles. The molecule has 0 radical (unpaired) electrons. The van der Waals surface area contributed by atoms with Gasteiger partial charge in [-0.25, -0.2) is 18.8 Å². The Labute approximate surface area is 223 Å². The first-order valence-corrected chi connectivity index (χ1v) is 12.5. The summed E-state index contributed by atoms with van der Waals surface area (Å²) in [6.07, 6.45) is 5.22. The number of aliphatic imine (C=N–C) groups is 1. The van der Waals surface area contributed by atoms with Crippen molar-refractivity contribution >= 4 is 29.1 Å². The molecule has 4 N–H and O–H groups in total. The Hall–Kier alpha value is -4.67. The minimum absolute atomic E-state index is 0.0740. The minimum atomic E-state index is -0.530. The molecule has 2 aromatic carbocycles. The van der Waals surface area contributed by atoms with Crippen LogP contribution in [0.25, 0.3) is 22.4 Å². The molecular formula is C28H27F2N7O2. The summed E-state index contributed by atoms with van der Waals surface area (Å²) in [6.45, 7) is 0. The number of amides is 1. The monoisotopic (exact) mass is 531 g/mol. The van der Waals surface area contributed by atoms with Crippen LogP contribution in [0.1, 0.15) is 47.8 Å². The van der Waals surface area contributed by atoms with Crippen LogP contribution in [0.4, 0.5) is 8.78 Å². The number of aromatic nitrogens is 3. The van der Waals surface area contributed by atoms with Gasteiger partial charge in [0.1, 0.15) is 40.8 Å². The molecule has 1 saturated carbocycles. The van der Waals surface area contributed by atoms with Crippen LogP contribution >= 0.6 is 0 Å². The molecule has 0 saturated heterocycles. The average molecular weight is 532 g/mol. The molecule has 9 nitrogen and oxygen atoms in total. The second-order valence-corrected chi connectivity index (χ2v) is 9.32. The van der Waals surface area contributed by atoms with E-state index in [0.29, 0.717) is 34.5 Å². The molecule has 0 bridgehead atoms. The molecule has 2 aromatic heterocycles. The standard InChI is InChI=1S/C28H27F2N7O2/c1-39-25-10-9-16(29)11-20(25)28(38)35-17-5-4-6-18(12-17)37-24-13-22(26(32)34-15-31)33-14-23(24)36-27(37)19-7-2-3-8-21(19)30/h2-3,7-11,13-15,17-18H,4-6,12H2,1H3,(H,35,38)(H3,31,32,34). The Balaban J connectivity index is 1.53. The number of methoxy groups -OCH3 is 1. The highest BCUT2D eigenvalue weighted by atomic mass is 19.1. The van der Waals surface area contributed by atoms with Gasteiger partial charge in [0.25, 0.3) is 5.91 Å². The maximum atomic E-state index is 15.0. The maximum absolute atomic E-state index is 15.0. The van der Waals surface area contributed by atoms with Gasteiger partial charge in [-0.2, -0.15) is 0 Å². The van der Waals surface area contributed by atoms with E-state index in [9.17, 15) is 13.6 Å². The predicted molar refractivity (Wildman–Crippen MR) is 144 cm³/mol. The summed E-state index contributed by atoms with van der Waals surface area (Å²) in [7, 11) is 1.43. The Morgan fingerprint density at radius 2 is 2.05 bits per heavy atom. The maximum Gasteiger partial charge on any atom is 0.255 e. The smallest absolute Gasteiger partial charge is 0.255 e. The molecule has 11 heteroatoms. The highest BCUT2D eigenvalue weighted by molar-refractivity contribution is 6.01. The van der Waals surface area contributed by atoms with Gasteiger partial charge in [-0.3, -0.25) is 15.2 Å². The Morgan fingerprint density at radius 1 is 1.23 bits per heavy atom. The second kappa shape index (κ2) is 11.0. The van der Waals surface area contributed by atoms with Crippen molar-refractivity contribution in [1.82, 2.24) is 19.9 Å². The minimum Gasteiger partial charge on any atom is -0.496 e. The first-order chi connectivity index (χ1) is 18.9. The third kappa shape index (κ3) is 5.20. The van der Waals surface area contributed by atoms with Crippen molar-refractivity contribution in [3.05, 3.63) is 77.6 Å². The molecule has 5 rings (SSSR count). The van der Waals surface area contributed by atoms with Crippen LogP contribution in [0.2, 0.25) is 0 Å². The number of pyridine rings is 1. The van der Waals surface area contributed by atoms with Gasteiger partial charge in [0.05, 0.1) is 30.0 Å². The Morgan fingerprint density at radius 3 is 2.82 bits per heavy atom. The fourth-order valence-electron chi connectivity index (χ4n) is 5.13. The van der Waals surface area contributed by atoms with E-state index in [-0.39, 0.29) is 29.2 Å². The number of fused-ring (bicyclic) bond motifs is 1. The first kappa shape index (κ1) is 26.0. The normalized spacial score (nSPS) is 17.7. The van der Waals surface area contributed by atoms with Crippen molar-refractivity contribution in [2.24, 2.45) is 10.7 Å². The molecule has 4 aromatic rings. The Kier molecular flexibility index (Phi) is 7.31. The van der Waals surface area contributed by atoms with Crippen LogP contribution in [-0.4, -0.2) is 45.8 Å². The van der Waals surface area contributed by atoms with Crippen LogP contribution in [-0.2, 0) is 0 Å². The molecule has 1 aliphatic carbocycles. The zero-order chi connectivity index (χ0) is 27.5. The lowest BCUT2D eigenvalue weighted by atomic mass is 9.90. The fraction of sp³-hybridized carbons (Fsp3) is 0.250. The third-order valence-electron chi connectivity index (χ3n) is 6.91. The van der Waals surface area contributed by atoms with Gasteiger partial charge in [0.2, 0.25) is 0 Å². The van der Waals surface area contributed by atoms with Gasteiger partial charge < -0.3 is 20.4 Å². The predicted octanol–water partition coefficient (Wildman–Crippen LogP) is 4.61. The molecule has 2 heterocycles. The van der Waals surface area contributed by atoms with Gasteiger partial charge >= 0.3 is 0 Å². The molecule has 0 spiro atoms. The van der Waals surface area contributed by atoms with E-state index in [1.807, 2.05) is 4.57 Å². The van der Waals surface area contributed by atoms with Crippen LogP contribution in [0, 0.1) is 17.0 Å². The van der Waals surface area contributed by atoms with Crippen LogP contribution in [0.3, 0.4) is 0 Å². The number of ether oxygens (including phenoxy) is 1. The van der Waals surface area contributed by atoms with E-state index in [1.165, 1.54) is 25.3 Å². The number of carbonyl (C=O) groups is 1. The lowest BCUT2D eigenvalue weighted by Gasteiger charge is -2.32. The molecule has 39 heavy (non-hydrogen) atoms. The summed E-state index contributed by atoms with van der Waals surface area (Å²) in [6, 6.07) is 11.6. The van der Waals surface area contributed by atoms with E-state index in [4.69, 9.17) is 20.9 Å². The quantitative estimate of drug-likeness (QED) is 0.237. The van der Waals surface area contributed by atoms with Crippen molar-refractivity contribution in [2.45, 2.75) is 37.8 Å². The van der Waals surface area contributed by atoms with Crippen molar-refractivity contribution < 1.29 is 18.3 Å². The summed E-state index contributed by atoms with van der Waals surface area (Å²) >= 11 is 0. The number of nitrogens with one attached hydrogen (secondary N) is 2. The zero-order valence-corrected chi connectivity index (χ0v) is 21.2. The number of rotatable bonds is 7. The van der Waals surface area contributed by atoms with Gasteiger partial charge in [-0.15, -0.1) is 0 Å². The number of amidine groups is 1. The van der Waals surface area contributed by atoms with Crippen molar-refractivity contribution in [3.63, 3.8) is 0 Å². The van der Waals surface area contributed by atoms with Gasteiger partial charge in [0.15, 0.2) is 5.84 Å². The Bertz CT molecular complexity index is 1580. The molecule has 1 aliphatic rings. The van der Waals surface area contributed by atoms with Crippen molar-refractivity contribution in [2.75, 3.05) is 7.11 Å². The van der Waals surface area contributed by atoms with E-state index >= 15 is 0 Å². The van der Waals surface area contributed by atoms with E-state index in [2.05, 4.69) is 15.3 Å². The zero-order valence-electron chi connectivity index (χ0n) is 21.2. The molecule has 2 atom stereocenters. The molecule has 1 fully saturated rings. The van der Waals surface area contributed by atoms with Crippen LogP contribution in [0.5, 0.6) is 5.75 Å². The number of imidazole rings is 1. The number of nitrogens with zero attached hydrogens (tertiary/aromatic N) is 4. The number of hydrogen-bond donors (Lipinski definition) is 3. The summed E-state index contributed by atoms with van der Waals surface area (Å²) in [5.74, 6) is -0.571. The van der Waals surface area contributed by atoms with Gasteiger partial charge in [0, 0.05) is 12.1 Å². The molecule has 1 amide bonds. The number of nitrogens with two attached hydrogens (primary N) is 1. The van der Waals surface area contributed by atoms with Gasteiger partial charge in [-0.05, 0) is 62.1 Å². The number of hydrogen-bond acceptors (Lipinski definition) is 5. The topological polar surface area (TPSA) is 131 Å². The fourth-order valence-corrected chi connectivity index (χ4v) is 5.13. The molecule has 2 unspecified atom stereocenters. The molecule has 200 valence electrons. The van der Waals surface area contributed by atoms with Crippen LogP contribution in [0.15, 0.2) is 59.7 Å². The number of carbonyl (C=O) groups excluding carboxylic acids is 1. The highest BCUT2D eigenvalue weighted by Crippen LogP contribution is 2.37. The summed E-state index contributed by atoms with van der Waals surface area (Å²) in [4.78, 5) is 25.9. The number of halogens is 2. The highest BCUT2D eigenvalue weighted by Gasteiger charge is 2.30. The lowest BCUT2D eigenvalue weighted by Crippen LogP contribution is -2.39. The summed E-state index contributed by atoms with van der Waals surface area (Å²) in [5.41, 5.74) is 8.06. The van der Waals surface area contributed by atoms with Crippen molar-refractivity contribution in [3.8, 4) is 17.1 Å². The van der Waals surface area contributed by atoms with E-state index in [1.54, 1.807) is 30.5 Å². The second-order valence-electron chi connectivity index (χ2n) is 9.32. The number of benzene rings is 2. The molecular weight excluding hydrogens is 504 g/mol. The van der Waals surface area contributed by atoms with Crippen molar-refractivity contribution in [1.29, 1.82) is 5.41 Å². The third-order valence-corrected chi connectivity index (χ3v) is 6.91. The summed E-state index contributed by atoms with van der Waals surface area (Å²) in [5, 5.41) is 10.2. The SMILES string of the molecule is COc1ccc(F)cc1C(=O)NC1CCCC(n2c(-c3ccccc3F)nc3cnc(C(N)=NC=N)cc32)C1. The summed E-state index contributed by atoms with van der Waals surface area (Å²) < 4.78 is 36.1. The largest absolute Gasteiger partial charge is 0.496 e. The first-order valence-electron chi connectivity index (χ1n) is 12.5.